The summed E-state index contributed by atoms with van der Waals surface area (Å²) >= 11 is 0. The molecule has 268 valence electrons. The van der Waals surface area contributed by atoms with E-state index in [4.69, 9.17) is 17.7 Å². The normalized spacial score (nSPS) is 20.9. The first-order chi connectivity index (χ1) is 23.7. The van der Waals surface area contributed by atoms with Gasteiger partial charge in [0.05, 0.1) is 0 Å². The highest BCUT2D eigenvalue weighted by molar-refractivity contribution is 5.94. The fourth-order valence-electron chi connectivity index (χ4n) is 5.55. The van der Waals surface area contributed by atoms with E-state index in [2.05, 4.69) is 41.2 Å². The molecule has 0 saturated heterocycles. The van der Waals surface area contributed by atoms with E-state index in [-0.39, 0.29) is 70.0 Å². The van der Waals surface area contributed by atoms with Crippen molar-refractivity contribution in [2.45, 2.75) is 92.4 Å². The van der Waals surface area contributed by atoms with Crippen molar-refractivity contribution in [2.24, 2.45) is 23.7 Å². The molecule has 16 heteroatoms. The highest BCUT2D eigenvalue weighted by atomic mass is 16.4. The van der Waals surface area contributed by atoms with Gasteiger partial charge in [-0.3, -0.25) is 19.2 Å². The number of hydrogen-bond acceptors (Lipinski definition) is 11. The van der Waals surface area contributed by atoms with E-state index in [1.807, 2.05) is 55.4 Å². The van der Waals surface area contributed by atoms with Crippen LogP contribution in [0.2, 0.25) is 0 Å². The number of hydrogen-bond donors (Lipinski definition) is 4. The lowest BCUT2D eigenvalue weighted by atomic mass is 10.0. The Morgan fingerprint density at radius 2 is 0.980 bits per heavy atom. The molecule has 0 fully saturated rings. The van der Waals surface area contributed by atoms with Crippen molar-refractivity contribution in [3.8, 4) is 0 Å². The van der Waals surface area contributed by atoms with Gasteiger partial charge in [0.2, 0.25) is 17.7 Å². The SMILES string of the molecule is CC(C)CC1NC(=O)c2coc(n2)C(C(C)C)NC(=O)c2coc(n2)C(CC(C)C)NC(=O)c2coc([nH+]2)C(C(C)C)NC(=O)c2coc1n2. The number of fused-ring (bicyclic) bond motifs is 8. The summed E-state index contributed by atoms with van der Waals surface area (Å²) in [4.78, 5) is 69.9. The zero-order chi connectivity index (χ0) is 36.3. The lowest BCUT2D eigenvalue weighted by molar-refractivity contribution is -0.405. The summed E-state index contributed by atoms with van der Waals surface area (Å²) in [6, 6.07) is -2.77. The molecule has 1 aliphatic heterocycles. The molecule has 0 aliphatic carbocycles. The van der Waals surface area contributed by atoms with Gasteiger partial charge >= 0.3 is 17.5 Å². The number of oxazole rings is 4. The Morgan fingerprint density at radius 1 is 0.560 bits per heavy atom. The molecule has 16 nitrogen and oxygen atoms in total. The van der Waals surface area contributed by atoms with E-state index >= 15 is 0 Å². The first-order valence-electron chi connectivity index (χ1n) is 16.8. The molecule has 0 spiro atoms. The number of H-pyrrole nitrogens is 1. The second-order valence-corrected chi connectivity index (χ2v) is 14.1. The van der Waals surface area contributed by atoms with Gasteiger partial charge in [0.15, 0.2) is 29.4 Å². The predicted molar refractivity (Wildman–Crippen MR) is 174 cm³/mol. The van der Waals surface area contributed by atoms with Crippen LogP contribution in [-0.2, 0) is 0 Å². The number of aromatic nitrogens is 4. The molecule has 5 heterocycles. The zero-order valence-electron chi connectivity index (χ0n) is 29.5. The minimum atomic E-state index is -0.722. The summed E-state index contributed by atoms with van der Waals surface area (Å²) in [6.45, 7) is 15.4. The topological polar surface area (TPSA) is 222 Å². The van der Waals surface area contributed by atoms with Crippen molar-refractivity contribution in [2.75, 3.05) is 0 Å². The second kappa shape index (κ2) is 15.1. The maximum atomic E-state index is 13.4. The number of nitrogens with one attached hydrogen (secondary N) is 5. The summed E-state index contributed by atoms with van der Waals surface area (Å²) < 4.78 is 22.8. The first-order valence-corrected chi connectivity index (χ1v) is 16.8. The van der Waals surface area contributed by atoms with Crippen LogP contribution in [0.4, 0.5) is 0 Å². The largest absolute Gasteiger partial charge is 0.446 e. The van der Waals surface area contributed by atoms with Crippen LogP contribution in [0.1, 0.15) is 158 Å². The fourth-order valence-corrected chi connectivity index (χ4v) is 5.55. The standard InChI is InChI=1S/C34H44N8O8/c1-15(2)9-19-31-37-23(11-47-31)29(45)41-26(18(7)8)34-40-22(14-50-34)28(44)36-20(10-16(3)4)32-38-24(12-48-32)30(46)42-25(17(5)6)33-39-21(13-49-33)27(43)35-19/h11-20,25-26H,9-10H2,1-8H3,(H,35,43)(H,36,44)(H,41,45)(H,42,46)/p+1. The third-order valence-corrected chi connectivity index (χ3v) is 8.15. The Labute approximate surface area is 289 Å². The quantitative estimate of drug-likeness (QED) is 0.217. The molecule has 0 aromatic carbocycles. The number of nitrogens with zero attached hydrogens (tertiary/aromatic N) is 3. The van der Waals surface area contributed by atoms with Gasteiger partial charge in [-0.15, -0.1) is 0 Å². The highest BCUT2D eigenvalue weighted by Crippen LogP contribution is 2.27. The van der Waals surface area contributed by atoms with Crippen LogP contribution in [0.5, 0.6) is 0 Å². The molecule has 1 aliphatic rings. The third kappa shape index (κ3) is 8.29. The van der Waals surface area contributed by atoms with Crippen LogP contribution in [0.3, 0.4) is 0 Å². The van der Waals surface area contributed by atoms with E-state index in [1.165, 1.54) is 25.1 Å². The zero-order valence-corrected chi connectivity index (χ0v) is 29.5. The molecular formula is C34H45N8O8+. The number of aromatic amines is 1. The molecule has 4 unspecified atom stereocenters. The Morgan fingerprint density at radius 3 is 1.46 bits per heavy atom. The Balaban J connectivity index is 1.53. The second-order valence-electron chi connectivity index (χ2n) is 14.1. The average molecular weight is 694 g/mol. The van der Waals surface area contributed by atoms with Crippen LogP contribution in [0, 0.1) is 23.7 Å². The summed E-state index contributed by atoms with van der Waals surface area (Å²) in [5.41, 5.74) is 0.0714. The van der Waals surface area contributed by atoms with Gasteiger partial charge in [-0.05, 0) is 36.5 Å². The summed E-state index contributed by atoms with van der Waals surface area (Å²) in [5.74, 6) is -1.64. The van der Waals surface area contributed by atoms with Crippen molar-refractivity contribution in [3.05, 3.63) is 71.4 Å². The number of carbonyl (C=O) groups is 4. The van der Waals surface area contributed by atoms with Crippen molar-refractivity contribution < 1.29 is 41.8 Å². The number of carbonyl (C=O) groups excluding carboxylic acids is 4. The summed E-state index contributed by atoms with van der Waals surface area (Å²) in [6.07, 6.45) is 5.82. The molecule has 4 amide bonds. The van der Waals surface area contributed by atoms with Crippen LogP contribution >= 0.6 is 0 Å². The van der Waals surface area contributed by atoms with Gasteiger partial charge in [0.1, 0.15) is 36.9 Å². The molecule has 0 saturated carbocycles. The molecule has 5 rings (SSSR count). The van der Waals surface area contributed by atoms with Crippen LogP contribution in [0.15, 0.2) is 42.7 Å². The highest BCUT2D eigenvalue weighted by Gasteiger charge is 2.34. The van der Waals surface area contributed by atoms with Gasteiger partial charge in [0.25, 0.3) is 17.7 Å². The number of rotatable bonds is 6. The molecule has 4 aromatic rings. The first kappa shape index (κ1) is 36.0. The average Bonchev–Trinajstić information content (AvgIpc) is 3.87. The molecule has 8 bridgehead atoms. The van der Waals surface area contributed by atoms with Crippen LogP contribution in [0.25, 0.3) is 0 Å². The van der Waals surface area contributed by atoms with Crippen molar-refractivity contribution in [1.82, 2.24) is 36.2 Å². The van der Waals surface area contributed by atoms with Crippen molar-refractivity contribution in [3.63, 3.8) is 0 Å². The molecular weight excluding hydrogens is 648 g/mol. The third-order valence-electron chi connectivity index (χ3n) is 8.15. The van der Waals surface area contributed by atoms with Gasteiger partial charge < -0.3 is 38.9 Å². The van der Waals surface area contributed by atoms with Gasteiger partial charge in [-0.2, -0.15) is 4.98 Å². The Bertz CT molecular complexity index is 1680. The lowest BCUT2D eigenvalue weighted by Gasteiger charge is -2.18. The van der Waals surface area contributed by atoms with Gasteiger partial charge in [-0.25, -0.2) is 15.0 Å². The minimum Gasteiger partial charge on any atom is -0.446 e. The van der Waals surface area contributed by atoms with E-state index in [0.717, 1.165) is 0 Å². The lowest BCUT2D eigenvalue weighted by Crippen LogP contribution is -2.37. The molecule has 4 atom stereocenters. The van der Waals surface area contributed by atoms with E-state index in [0.29, 0.717) is 12.8 Å². The van der Waals surface area contributed by atoms with E-state index < -0.39 is 47.8 Å². The minimum absolute atomic E-state index is 0.00582. The molecule has 4 aromatic heterocycles. The smallest absolute Gasteiger partial charge is 0.369 e. The maximum absolute atomic E-state index is 13.4. The molecule has 5 N–H and O–H groups in total. The van der Waals surface area contributed by atoms with Gasteiger partial charge in [0, 0.05) is 0 Å². The molecule has 50 heavy (non-hydrogen) atoms. The van der Waals surface area contributed by atoms with E-state index in [9.17, 15) is 19.2 Å². The van der Waals surface area contributed by atoms with Crippen LogP contribution < -0.4 is 26.3 Å². The fraction of sp³-hybridized carbons (Fsp3) is 0.529. The summed E-state index contributed by atoms with van der Waals surface area (Å²) in [7, 11) is 0. The Hall–Kier alpha value is -5.28. The maximum Gasteiger partial charge on any atom is 0.369 e. The van der Waals surface area contributed by atoms with Crippen LogP contribution in [-0.4, -0.2) is 38.6 Å². The predicted octanol–water partition coefficient (Wildman–Crippen LogP) is 4.66. The van der Waals surface area contributed by atoms with Crippen molar-refractivity contribution in [1.29, 1.82) is 0 Å². The van der Waals surface area contributed by atoms with Crippen molar-refractivity contribution >= 4 is 23.6 Å². The molecule has 0 radical (unpaired) electrons. The van der Waals surface area contributed by atoms with E-state index in [1.54, 1.807) is 0 Å². The van der Waals surface area contributed by atoms with Gasteiger partial charge in [-0.1, -0.05) is 55.4 Å². The Kier molecular flexibility index (Phi) is 10.9. The monoisotopic (exact) mass is 693 g/mol. The summed E-state index contributed by atoms with van der Waals surface area (Å²) in [5, 5.41) is 11.6. The number of amides is 4.